The number of halogens is 2. The van der Waals surface area contributed by atoms with Gasteiger partial charge < -0.3 is 9.84 Å². The molecule has 0 fully saturated rings. The molecule has 0 spiro atoms. The number of sulfone groups is 1. The smallest absolute Gasteiger partial charge is 0.150 e. The van der Waals surface area contributed by atoms with Crippen molar-refractivity contribution in [2.45, 2.75) is 20.0 Å². The molecule has 1 rings (SSSR count). The number of ether oxygens (including phenoxy) is 1. The molecule has 0 aliphatic carbocycles. The standard InChI is InChI=1S/C12H16Br2O4S/c1-2-19(16,17)5-3-4-18-12-10(13)6-9(8-15)7-11(12)14/h6-7,15H,2-5,8H2,1H3. The summed E-state index contributed by atoms with van der Waals surface area (Å²) < 4.78 is 29.7. The lowest BCUT2D eigenvalue weighted by Gasteiger charge is -2.11. The first kappa shape index (κ1) is 16.9. The molecule has 1 aromatic carbocycles. The summed E-state index contributed by atoms with van der Waals surface area (Å²) in [5.41, 5.74) is 0.764. The number of hydrogen-bond acceptors (Lipinski definition) is 4. The zero-order chi connectivity index (χ0) is 14.5. The van der Waals surface area contributed by atoms with Gasteiger partial charge in [0.15, 0.2) is 0 Å². The fourth-order valence-corrected chi connectivity index (χ4v) is 3.80. The van der Waals surface area contributed by atoms with Gasteiger partial charge in [-0.1, -0.05) is 6.92 Å². The van der Waals surface area contributed by atoms with Crippen molar-refractivity contribution in [1.29, 1.82) is 0 Å². The van der Waals surface area contributed by atoms with Gasteiger partial charge in [-0.3, -0.25) is 0 Å². The van der Waals surface area contributed by atoms with Gasteiger partial charge in [0.25, 0.3) is 0 Å². The lowest BCUT2D eigenvalue weighted by atomic mass is 10.2. The molecular weight excluding hydrogens is 400 g/mol. The number of aliphatic hydroxyl groups is 1. The third-order valence-corrected chi connectivity index (χ3v) is 5.49. The lowest BCUT2D eigenvalue weighted by Crippen LogP contribution is -2.12. The molecule has 0 aromatic heterocycles. The van der Waals surface area contributed by atoms with Crippen molar-refractivity contribution < 1.29 is 18.3 Å². The Morgan fingerprint density at radius 1 is 1.26 bits per heavy atom. The molecule has 0 heterocycles. The summed E-state index contributed by atoms with van der Waals surface area (Å²) in [4.78, 5) is 0. The largest absolute Gasteiger partial charge is 0.491 e. The second kappa shape index (κ2) is 7.61. The highest BCUT2D eigenvalue weighted by atomic mass is 79.9. The van der Waals surface area contributed by atoms with Crippen molar-refractivity contribution in [3.63, 3.8) is 0 Å². The van der Waals surface area contributed by atoms with Crippen LogP contribution in [0.2, 0.25) is 0 Å². The Bertz CT molecular complexity index is 506. The predicted molar refractivity (Wildman–Crippen MR) is 82.2 cm³/mol. The van der Waals surface area contributed by atoms with E-state index in [0.29, 0.717) is 18.8 Å². The minimum Gasteiger partial charge on any atom is -0.491 e. The maximum atomic E-state index is 11.3. The molecule has 1 N–H and O–H groups in total. The summed E-state index contributed by atoms with van der Waals surface area (Å²) in [6.07, 6.45) is 0.455. The van der Waals surface area contributed by atoms with Crippen molar-refractivity contribution in [1.82, 2.24) is 0 Å². The van der Waals surface area contributed by atoms with Gasteiger partial charge in [-0.05, 0) is 56.0 Å². The van der Waals surface area contributed by atoms with Crippen LogP contribution in [-0.2, 0) is 16.4 Å². The van der Waals surface area contributed by atoms with E-state index in [4.69, 9.17) is 9.84 Å². The number of benzene rings is 1. The summed E-state index contributed by atoms with van der Waals surface area (Å²) in [7, 11) is -2.94. The Hall–Kier alpha value is -0.110. The van der Waals surface area contributed by atoms with Crippen LogP contribution in [0, 0.1) is 0 Å². The van der Waals surface area contributed by atoms with Gasteiger partial charge in [-0.2, -0.15) is 0 Å². The number of aliphatic hydroxyl groups excluding tert-OH is 1. The first-order valence-corrected chi connectivity index (χ1v) is 9.22. The molecule has 19 heavy (non-hydrogen) atoms. The van der Waals surface area contributed by atoms with Gasteiger partial charge in [-0.25, -0.2) is 8.42 Å². The van der Waals surface area contributed by atoms with Crippen LogP contribution in [0.25, 0.3) is 0 Å². The maximum absolute atomic E-state index is 11.3. The van der Waals surface area contributed by atoms with Crippen LogP contribution < -0.4 is 4.74 Å². The van der Waals surface area contributed by atoms with Crippen LogP contribution >= 0.6 is 31.9 Å². The van der Waals surface area contributed by atoms with E-state index in [2.05, 4.69) is 31.9 Å². The number of rotatable bonds is 7. The van der Waals surface area contributed by atoms with Crippen LogP contribution in [0.4, 0.5) is 0 Å². The Labute approximate surface area is 130 Å². The van der Waals surface area contributed by atoms with E-state index >= 15 is 0 Å². The van der Waals surface area contributed by atoms with E-state index in [0.717, 1.165) is 14.5 Å². The highest BCUT2D eigenvalue weighted by Gasteiger charge is 2.10. The van der Waals surface area contributed by atoms with E-state index in [1.807, 2.05) is 0 Å². The van der Waals surface area contributed by atoms with Gasteiger partial charge in [0.1, 0.15) is 15.6 Å². The molecule has 4 nitrogen and oxygen atoms in total. The minimum atomic E-state index is -2.94. The summed E-state index contributed by atoms with van der Waals surface area (Å²) in [5.74, 6) is 0.907. The minimum absolute atomic E-state index is 0.0494. The summed E-state index contributed by atoms with van der Waals surface area (Å²) in [6, 6.07) is 3.53. The highest BCUT2D eigenvalue weighted by molar-refractivity contribution is 9.11. The lowest BCUT2D eigenvalue weighted by molar-refractivity contribution is 0.280. The first-order valence-electron chi connectivity index (χ1n) is 5.81. The fourth-order valence-electron chi connectivity index (χ4n) is 1.44. The van der Waals surface area contributed by atoms with Gasteiger partial charge in [0.05, 0.1) is 27.9 Å². The van der Waals surface area contributed by atoms with Crippen molar-refractivity contribution in [2.24, 2.45) is 0 Å². The first-order chi connectivity index (χ1) is 8.89. The summed E-state index contributed by atoms with van der Waals surface area (Å²) in [6.45, 7) is 1.91. The maximum Gasteiger partial charge on any atom is 0.150 e. The molecule has 0 atom stereocenters. The van der Waals surface area contributed by atoms with E-state index in [-0.39, 0.29) is 18.1 Å². The molecule has 0 bridgehead atoms. The quantitative estimate of drug-likeness (QED) is 0.695. The zero-order valence-electron chi connectivity index (χ0n) is 10.5. The van der Waals surface area contributed by atoms with E-state index in [1.165, 1.54) is 0 Å². The van der Waals surface area contributed by atoms with E-state index in [1.54, 1.807) is 19.1 Å². The highest BCUT2D eigenvalue weighted by Crippen LogP contribution is 2.34. The third-order valence-electron chi connectivity index (χ3n) is 2.53. The Balaban J connectivity index is 2.59. The molecule has 0 amide bonds. The van der Waals surface area contributed by atoms with Gasteiger partial charge in [0, 0.05) is 5.75 Å². The van der Waals surface area contributed by atoms with Gasteiger partial charge in [-0.15, -0.1) is 0 Å². The fraction of sp³-hybridized carbons (Fsp3) is 0.500. The van der Waals surface area contributed by atoms with E-state index < -0.39 is 9.84 Å². The molecule has 0 saturated carbocycles. The topological polar surface area (TPSA) is 63.6 Å². The average Bonchev–Trinajstić information content (AvgIpc) is 2.36. The second-order valence-corrected chi connectivity index (χ2v) is 8.17. The predicted octanol–water partition coefficient (Wildman–Crippen LogP) is 2.91. The Morgan fingerprint density at radius 2 is 1.84 bits per heavy atom. The summed E-state index contributed by atoms with van der Waals surface area (Å²) in [5, 5.41) is 9.06. The average molecular weight is 416 g/mol. The molecule has 0 unspecified atom stereocenters. The van der Waals surface area contributed by atoms with Crippen LogP contribution in [-0.4, -0.2) is 31.6 Å². The molecular formula is C12H16Br2O4S. The molecule has 7 heteroatoms. The SMILES string of the molecule is CCS(=O)(=O)CCCOc1c(Br)cc(CO)cc1Br. The molecule has 0 saturated heterocycles. The summed E-state index contributed by atoms with van der Waals surface area (Å²) >= 11 is 6.72. The Kier molecular flexibility index (Phi) is 6.79. The Morgan fingerprint density at radius 3 is 2.32 bits per heavy atom. The van der Waals surface area contributed by atoms with Crippen molar-refractivity contribution in [3.8, 4) is 5.75 Å². The molecule has 108 valence electrons. The zero-order valence-corrected chi connectivity index (χ0v) is 14.5. The second-order valence-electron chi connectivity index (χ2n) is 3.99. The van der Waals surface area contributed by atoms with Crippen molar-refractivity contribution >= 4 is 41.7 Å². The molecule has 0 radical (unpaired) electrons. The number of hydrogen-bond donors (Lipinski definition) is 1. The van der Waals surface area contributed by atoms with Gasteiger partial charge >= 0.3 is 0 Å². The van der Waals surface area contributed by atoms with Crippen LogP contribution in [0.1, 0.15) is 18.9 Å². The van der Waals surface area contributed by atoms with Crippen molar-refractivity contribution in [2.75, 3.05) is 18.1 Å². The van der Waals surface area contributed by atoms with Crippen LogP contribution in [0.3, 0.4) is 0 Å². The normalized spacial score (nSPS) is 11.6. The van der Waals surface area contributed by atoms with Crippen LogP contribution in [0.5, 0.6) is 5.75 Å². The van der Waals surface area contributed by atoms with Gasteiger partial charge in [0.2, 0.25) is 0 Å². The molecule has 0 aliphatic rings. The third kappa shape index (κ3) is 5.41. The molecule has 0 aliphatic heterocycles. The van der Waals surface area contributed by atoms with Crippen LogP contribution in [0.15, 0.2) is 21.1 Å². The van der Waals surface area contributed by atoms with Crippen molar-refractivity contribution in [3.05, 3.63) is 26.6 Å². The van der Waals surface area contributed by atoms with E-state index in [9.17, 15) is 8.42 Å². The monoisotopic (exact) mass is 414 g/mol. The molecule has 1 aromatic rings.